The van der Waals surface area contributed by atoms with E-state index in [0.717, 1.165) is 6.07 Å². The molecular weight excluding hydrogens is 265 g/mol. The van der Waals surface area contributed by atoms with E-state index in [0.29, 0.717) is 6.07 Å². The van der Waals surface area contributed by atoms with Crippen LogP contribution in [0.15, 0.2) is 12.1 Å². The van der Waals surface area contributed by atoms with E-state index < -0.39 is 47.0 Å². The highest BCUT2D eigenvalue weighted by atomic mass is 19.2. The summed E-state index contributed by atoms with van der Waals surface area (Å²) >= 11 is 0. The van der Waals surface area contributed by atoms with E-state index in [1.807, 2.05) is 5.32 Å². The van der Waals surface area contributed by atoms with Gasteiger partial charge in [-0.2, -0.15) is 0 Å². The molecule has 1 aliphatic rings. The molecule has 1 heterocycles. The maximum atomic E-state index is 13.3. The molecule has 0 radical (unpaired) electrons. The van der Waals surface area contributed by atoms with Crippen molar-refractivity contribution in [3.05, 3.63) is 29.6 Å². The third kappa shape index (κ3) is 2.39. The zero-order chi connectivity index (χ0) is 14.2. The van der Waals surface area contributed by atoms with E-state index in [1.165, 1.54) is 0 Å². The van der Waals surface area contributed by atoms with E-state index in [4.69, 9.17) is 0 Å². The molecule has 0 spiro atoms. The zero-order valence-corrected chi connectivity index (χ0v) is 9.41. The lowest BCUT2D eigenvalue weighted by Gasteiger charge is -2.12. The first-order valence-electron chi connectivity index (χ1n) is 5.32. The summed E-state index contributed by atoms with van der Waals surface area (Å²) in [6.45, 7) is -0.100. The quantitative estimate of drug-likeness (QED) is 0.530. The van der Waals surface area contributed by atoms with Gasteiger partial charge in [-0.25, -0.2) is 13.2 Å². The monoisotopic (exact) mass is 274 g/mol. The number of carbonyl (C=O) groups excluding carboxylic acids is 2. The Morgan fingerprint density at radius 2 is 2.00 bits per heavy atom. The average Bonchev–Trinajstić information content (AvgIpc) is 2.70. The molecule has 0 aromatic heterocycles. The lowest BCUT2D eigenvalue weighted by molar-refractivity contribution is -0.132. The van der Waals surface area contributed by atoms with Gasteiger partial charge in [0.25, 0.3) is 0 Å². The Labute approximate surface area is 105 Å². The number of anilines is 1. The Morgan fingerprint density at radius 3 is 2.58 bits per heavy atom. The number of aliphatic hydroxyl groups excluding tert-OH is 1. The molecular formula is C11H9F3N2O3. The van der Waals surface area contributed by atoms with Gasteiger partial charge in [-0.1, -0.05) is 0 Å². The van der Waals surface area contributed by atoms with Gasteiger partial charge in [0.15, 0.2) is 17.5 Å². The van der Waals surface area contributed by atoms with Crippen molar-refractivity contribution in [3.8, 4) is 0 Å². The lowest BCUT2D eigenvalue weighted by atomic mass is 10.0. The van der Waals surface area contributed by atoms with Crippen LogP contribution in [-0.2, 0) is 9.59 Å². The average molecular weight is 274 g/mol. The molecule has 3 N–H and O–H groups in total. The number of halogens is 3. The summed E-state index contributed by atoms with van der Waals surface area (Å²) in [5, 5.41) is 13.6. The van der Waals surface area contributed by atoms with Crippen LogP contribution in [-0.4, -0.2) is 29.6 Å². The van der Waals surface area contributed by atoms with Crippen LogP contribution in [0.4, 0.5) is 18.9 Å². The number of β-amino-alcohol motifs (C(OH)–C–C–N with tert-alkyl or cyclic N) is 1. The first kappa shape index (κ1) is 13.3. The highest BCUT2D eigenvalue weighted by Crippen LogP contribution is 2.21. The Morgan fingerprint density at radius 1 is 1.32 bits per heavy atom. The van der Waals surface area contributed by atoms with Gasteiger partial charge in [0.05, 0.1) is 11.8 Å². The number of rotatable bonds is 2. The summed E-state index contributed by atoms with van der Waals surface area (Å²) < 4.78 is 38.9. The van der Waals surface area contributed by atoms with Crippen molar-refractivity contribution in [1.29, 1.82) is 0 Å². The standard InChI is InChI=1S/C11H9F3N2O3/c12-4-1-2-5(9(14)8(4)13)16-11(19)7-6(17)3-15-10(7)18/h1-2,6-7,17H,3H2,(H,15,18)(H,16,19). The van der Waals surface area contributed by atoms with Gasteiger partial charge in [-0.15, -0.1) is 0 Å². The second kappa shape index (κ2) is 4.88. The summed E-state index contributed by atoms with van der Waals surface area (Å²) in [5.41, 5.74) is -0.601. The summed E-state index contributed by atoms with van der Waals surface area (Å²) in [7, 11) is 0. The van der Waals surface area contributed by atoms with Crippen LogP contribution >= 0.6 is 0 Å². The largest absolute Gasteiger partial charge is 0.390 e. The third-order valence-corrected chi connectivity index (χ3v) is 2.73. The molecule has 0 bridgehead atoms. The second-order valence-corrected chi connectivity index (χ2v) is 4.00. The highest BCUT2D eigenvalue weighted by Gasteiger charge is 2.39. The summed E-state index contributed by atoms with van der Waals surface area (Å²) in [6, 6.07) is 1.46. The maximum Gasteiger partial charge on any atom is 0.239 e. The molecule has 1 saturated heterocycles. The molecule has 1 aromatic carbocycles. The van der Waals surface area contributed by atoms with Crippen molar-refractivity contribution >= 4 is 17.5 Å². The fourth-order valence-electron chi connectivity index (χ4n) is 1.73. The van der Waals surface area contributed by atoms with Crippen LogP contribution in [0.2, 0.25) is 0 Å². The molecule has 1 aliphatic heterocycles. The summed E-state index contributed by atoms with van der Waals surface area (Å²) in [4.78, 5) is 22.9. The van der Waals surface area contributed by atoms with Crippen molar-refractivity contribution in [3.63, 3.8) is 0 Å². The Balaban J connectivity index is 2.20. The van der Waals surface area contributed by atoms with Crippen LogP contribution in [0.1, 0.15) is 0 Å². The fourth-order valence-corrected chi connectivity index (χ4v) is 1.73. The number of carbonyl (C=O) groups is 2. The predicted molar refractivity (Wildman–Crippen MR) is 57.5 cm³/mol. The molecule has 2 unspecified atom stereocenters. The highest BCUT2D eigenvalue weighted by molar-refractivity contribution is 6.08. The van der Waals surface area contributed by atoms with Gasteiger partial charge in [-0.05, 0) is 12.1 Å². The van der Waals surface area contributed by atoms with Crippen molar-refractivity contribution < 1.29 is 27.9 Å². The first-order chi connectivity index (χ1) is 8.91. The topological polar surface area (TPSA) is 78.4 Å². The number of hydrogen-bond acceptors (Lipinski definition) is 3. The van der Waals surface area contributed by atoms with E-state index in [-0.39, 0.29) is 6.54 Å². The number of hydrogen-bond donors (Lipinski definition) is 3. The van der Waals surface area contributed by atoms with Gasteiger partial charge in [-0.3, -0.25) is 9.59 Å². The van der Waals surface area contributed by atoms with Gasteiger partial charge >= 0.3 is 0 Å². The molecule has 2 rings (SSSR count). The summed E-state index contributed by atoms with van der Waals surface area (Å²) in [5.74, 6) is -7.81. The number of nitrogens with one attached hydrogen (secondary N) is 2. The van der Waals surface area contributed by atoms with Crippen LogP contribution in [0.3, 0.4) is 0 Å². The normalized spacial score (nSPS) is 22.2. The summed E-state index contributed by atoms with van der Waals surface area (Å²) in [6.07, 6.45) is -1.25. The molecule has 2 amide bonds. The minimum absolute atomic E-state index is 0.100. The number of aliphatic hydroxyl groups is 1. The zero-order valence-electron chi connectivity index (χ0n) is 9.41. The molecule has 1 aromatic rings. The minimum atomic E-state index is -1.73. The van der Waals surface area contributed by atoms with Crippen molar-refractivity contribution in [1.82, 2.24) is 5.32 Å². The fraction of sp³-hybridized carbons (Fsp3) is 0.273. The molecule has 5 nitrogen and oxygen atoms in total. The Hall–Kier alpha value is -2.09. The number of amides is 2. The van der Waals surface area contributed by atoms with Crippen LogP contribution in [0, 0.1) is 23.4 Å². The maximum absolute atomic E-state index is 13.3. The van der Waals surface area contributed by atoms with E-state index in [2.05, 4.69) is 5.32 Å². The van der Waals surface area contributed by atoms with Crippen molar-refractivity contribution in [2.75, 3.05) is 11.9 Å². The predicted octanol–water partition coefficient (Wildman–Crippen LogP) is 0.149. The van der Waals surface area contributed by atoms with Crippen molar-refractivity contribution in [2.24, 2.45) is 5.92 Å². The first-order valence-corrected chi connectivity index (χ1v) is 5.32. The smallest absolute Gasteiger partial charge is 0.239 e. The lowest BCUT2D eigenvalue weighted by Crippen LogP contribution is -2.35. The molecule has 102 valence electrons. The molecule has 19 heavy (non-hydrogen) atoms. The SMILES string of the molecule is O=C1NCC(O)C1C(=O)Nc1ccc(F)c(F)c1F. The van der Waals surface area contributed by atoms with Gasteiger partial charge in [0.2, 0.25) is 11.8 Å². The minimum Gasteiger partial charge on any atom is -0.390 e. The van der Waals surface area contributed by atoms with Crippen LogP contribution in [0.25, 0.3) is 0 Å². The second-order valence-electron chi connectivity index (χ2n) is 4.00. The third-order valence-electron chi connectivity index (χ3n) is 2.73. The molecule has 2 atom stereocenters. The van der Waals surface area contributed by atoms with Crippen LogP contribution in [0.5, 0.6) is 0 Å². The molecule has 0 aliphatic carbocycles. The van der Waals surface area contributed by atoms with E-state index in [9.17, 15) is 27.9 Å². The van der Waals surface area contributed by atoms with Gasteiger partial charge in [0, 0.05) is 6.54 Å². The Bertz CT molecular complexity index is 550. The van der Waals surface area contributed by atoms with E-state index >= 15 is 0 Å². The van der Waals surface area contributed by atoms with Crippen LogP contribution < -0.4 is 10.6 Å². The molecule has 1 fully saturated rings. The van der Waals surface area contributed by atoms with Gasteiger partial charge < -0.3 is 15.7 Å². The van der Waals surface area contributed by atoms with E-state index in [1.54, 1.807) is 0 Å². The Kier molecular flexibility index (Phi) is 3.43. The van der Waals surface area contributed by atoms with Gasteiger partial charge in [0.1, 0.15) is 5.92 Å². The molecule has 0 saturated carbocycles. The van der Waals surface area contributed by atoms with Crippen molar-refractivity contribution in [2.45, 2.75) is 6.10 Å². The number of benzene rings is 1. The molecule has 8 heteroatoms.